The molecule has 6 heteroatoms. The van der Waals surface area contributed by atoms with Crippen molar-refractivity contribution >= 4 is 11.9 Å². The minimum Gasteiger partial charge on any atom is -0.466 e. The molecule has 1 aliphatic carbocycles. The van der Waals surface area contributed by atoms with Crippen molar-refractivity contribution in [2.45, 2.75) is 33.1 Å². The van der Waals surface area contributed by atoms with Crippen LogP contribution in [-0.4, -0.2) is 61.0 Å². The standard InChI is InChI=1S/C18H26N2O4/c1-13-12-16(14(2)24-13)18(22)23-11-10-19-6-8-20(9-7-19)17(21)15-4-3-5-15/h12,15H,3-11H2,1-2H3. The van der Waals surface area contributed by atoms with E-state index in [0.717, 1.165) is 39.0 Å². The average molecular weight is 334 g/mol. The number of amides is 1. The van der Waals surface area contributed by atoms with Crippen LogP contribution < -0.4 is 0 Å². The lowest BCUT2D eigenvalue weighted by Crippen LogP contribution is -2.51. The van der Waals surface area contributed by atoms with Crippen molar-refractivity contribution in [1.82, 2.24) is 9.80 Å². The smallest absolute Gasteiger partial charge is 0.341 e. The molecule has 0 aromatic carbocycles. The predicted octanol–water partition coefficient (Wildman–Crippen LogP) is 2.00. The quantitative estimate of drug-likeness (QED) is 0.771. The van der Waals surface area contributed by atoms with Gasteiger partial charge in [0.05, 0.1) is 0 Å². The number of hydrogen-bond acceptors (Lipinski definition) is 5. The van der Waals surface area contributed by atoms with E-state index in [-0.39, 0.29) is 11.9 Å². The molecule has 1 aliphatic heterocycles. The predicted molar refractivity (Wildman–Crippen MR) is 88.8 cm³/mol. The van der Waals surface area contributed by atoms with Crippen molar-refractivity contribution < 1.29 is 18.7 Å². The highest BCUT2D eigenvalue weighted by molar-refractivity contribution is 5.90. The third-order valence-electron chi connectivity index (χ3n) is 5.04. The summed E-state index contributed by atoms with van der Waals surface area (Å²) in [5.41, 5.74) is 0.503. The third-order valence-corrected chi connectivity index (χ3v) is 5.04. The van der Waals surface area contributed by atoms with E-state index < -0.39 is 0 Å². The molecule has 1 saturated carbocycles. The maximum Gasteiger partial charge on any atom is 0.341 e. The van der Waals surface area contributed by atoms with Crippen molar-refractivity contribution in [2.24, 2.45) is 5.92 Å². The van der Waals surface area contributed by atoms with Crippen LogP contribution in [-0.2, 0) is 9.53 Å². The number of ether oxygens (including phenoxy) is 1. The van der Waals surface area contributed by atoms with Crippen LogP contribution in [0.3, 0.4) is 0 Å². The molecule has 1 aromatic heterocycles. The molecule has 0 bridgehead atoms. The second-order valence-corrected chi connectivity index (χ2v) is 6.76. The summed E-state index contributed by atoms with van der Waals surface area (Å²) in [5.74, 6) is 1.59. The van der Waals surface area contributed by atoms with Crippen LogP contribution in [0, 0.1) is 19.8 Å². The summed E-state index contributed by atoms with van der Waals surface area (Å²) in [4.78, 5) is 28.5. The molecule has 0 spiro atoms. The molecule has 2 heterocycles. The summed E-state index contributed by atoms with van der Waals surface area (Å²) in [7, 11) is 0. The molecule has 1 amide bonds. The van der Waals surface area contributed by atoms with E-state index in [1.165, 1.54) is 6.42 Å². The van der Waals surface area contributed by atoms with Gasteiger partial charge in [-0.05, 0) is 32.8 Å². The number of carbonyl (C=O) groups is 2. The van der Waals surface area contributed by atoms with Crippen molar-refractivity contribution in [3.05, 3.63) is 23.2 Å². The zero-order valence-corrected chi connectivity index (χ0v) is 14.5. The van der Waals surface area contributed by atoms with Gasteiger partial charge < -0.3 is 14.1 Å². The minimum absolute atomic E-state index is 0.277. The number of esters is 1. The summed E-state index contributed by atoms with van der Waals surface area (Å²) in [6, 6.07) is 1.71. The summed E-state index contributed by atoms with van der Waals surface area (Å²) in [5, 5.41) is 0. The van der Waals surface area contributed by atoms with E-state index >= 15 is 0 Å². The molecule has 3 rings (SSSR count). The van der Waals surface area contributed by atoms with Crippen LogP contribution >= 0.6 is 0 Å². The SMILES string of the molecule is Cc1cc(C(=O)OCCN2CCN(C(=O)C3CCC3)CC2)c(C)o1. The summed E-state index contributed by atoms with van der Waals surface area (Å²) < 4.78 is 10.7. The molecule has 2 fully saturated rings. The second kappa shape index (κ2) is 7.38. The second-order valence-electron chi connectivity index (χ2n) is 6.76. The Labute approximate surface area is 142 Å². The van der Waals surface area contributed by atoms with Gasteiger partial charge >= 0.3 is 5.97 Å². The van der Waals surface area contributed by atoms with Crippen LogP contribution in [0.15, 0.2) is 10.5 Å². The first-order valence-electron chi connectivity index (χ1n) is 8.80. The Balaban J connectivity index is 1.37. The Bertz CT molecular complexity index is 598. The van der Waals surface area contributed by atoms with Gasteiger partial charge in [-0.15, -0.1) is 0 Å². The van der Waals surface area contributed by atoms with E-state index in [9.17, 15) is 9.59 Å². The largest absolute Gasteiger partial charge is 0.466 e. The molecule has 132 valence electrons. The number of nitrogens with zero attached hydrogens (tertiary/aromatic N) is 2. The van der Waals surface area contributed by atoms with Crippen molar-refractivity contribution in [3.8, 4) is 0 Å². The molecule has 24 heavy (non-hydrogen) atoms. The van der Waals surface area contributed by atoms with Gasteiger partial charge in [0.2, 0.25) is 5.91 Å². The number of carbonyl (C=O) groups excluding carboxylic acids is 2. The van der Waals surface area contributed by atoms with Crippen molar-refractivity contribution in [2.75, 3.05) is 39.3 Å². The molecule has 2 aliphatic rings. The van der Waals surface area contributed by atoms with E-state index in [4.69, 9.17) is 9.15 Å². The molecule has 0 radical (unpaired) electrons. The van der Waals surface area contributed by atoms with Crippen LogP contribution in [0.5, 0.6) is 0 Å². The van der Waals surface area contributed by atoms with Crippen LogP contribution in [0.25, 0.3) is 0 Å². The number of rotatable bonds is 5. The summed E-state index contributed by atoms with van der Waals surface area (Å²) in [6.45, 7) is 7.90. The highest BCUT2D eigenvalue weighted by Crippen LogP contribution is 2.28. The van der Waals surface area contributed by atoms with E-state index in [1.807, 2.05) is 11.8 Å². The number of furan rings is 1. The molecular formula is C18H26N2O4. The Morgan fingerprint density at radius 1 is 1.21 bits per heavy atom. The normalized spacial score (nSPS) is 19.2. The lowest BCUT2D eigenvalue weighted by Gasteiger charge is -2.38. The molecule has 0 unspecified atom stereocenters. The van der Waals surface area contributed by atoms with Crippen LogP contribution in [0.1, 0.15) is 41.1 Å². The van der Waals surface area contributed by atoms with Gasteiger partial charge in [0.1, 0.15) is 23.7 Å². The number of aryl methyl sites for hydroxylation is 2. The average Bonchev–Trinajstić information content (AvgIpc) is 2.85. The molecule has 0 atom stereocenters. The minimum atomic E-state index is -0.330. The number of hydrogen-bond donors (Lipinski definition) is 0. The number of piperazine rings is 1. The summed E-state index contributed by atoms with van der Waals surface area (Å²) in [6.07, 6.45) is 3.31. The van der Waals surface area contributed by atoms with E-state index in [2.05, 4.69) is 4.90 Å². The first kappa shape index (κ1) is 17.0. The Hall–Kier alpha value is -1.82. The lowest BCUT2D eigenvalue weighted by molar-refractivity contribution is -0.140. The highest BCUT2D eigenvalue weighted by atomic mass is 16.5. The fourth-order valence-corrected chi connectivity index (χ4v) is 3.28. The monoisotopic (exact) mass is 334 g/mol. The first-order valence-corrected chi connectivity index (χ1v) is 8.80. The zero-order chi connectivity index (χ0) is 17.1. The first-order chi connectivity index (χ1) is 11.5. The van der Waals surface area contributed by atoms with Gasteiger partial charge in [-0.1, -0.05) is 6.42 Å². The van der Waals surface area contributed by atoms with Gasteiger partial charge in [0, 0.05) is 38.6 Å². The van der Waals surface area contributed by atoms with E-state index in [0.29, 0.717) is 36.1 Å². The molecule has 6 nitrogen and oxygen atoms in total. The Morgan fingerprint density at radius 2 is 1.92 bits per heavy atom. The maximum atomic E-state index is 12.2. The third kappa shape index (κ3) is 3.80. The fourth-order valence-electron chi connectivity index (χ4n) is 3.28. The van der Waals surface area contributed by atoms with Gasteiger partial charge in [0.25, 0.3) is 0 Å². The van der Waals surface area contributed by atoms with Gasteiger partial charge in [-0.2, -0.15) is 0 Å². The maximum absolute atomic E-state index is 12.2. The van der Waals surface area contributed by atoms with Crippen LogP contribution in [0.4, 0.5) is 0 Å². The van der Waals surface area contributed by atoms with Crippen LogP contribution in [0.2, 0.25) is 0 Å². The lowest BCUT2D eigenvalue weighted by atomic mass is 9.84. The highest BCUT2D eigenvalue weighted by Gasteiger charge is 2.31. The van der Waals surface area contributed by atoms with Gasteiger partial charge in [-0.25, -0.2) is 4.79 Å². The van der Waals surface area contributed by atoms with Gasteiger partial charge in [-0.3, -0.25) is 9.69 Å². The van der Waals surface area contributed by atoms with E-state index in [1.54, 1.807) is 13.0 Å². The Kier molecular flexibility index (Phi) is 5.23. The van der Waals surface area contributed by atoms with Crippen molar-refractivity contribution in [3.63, 3.8) is 0 Å². The summed E-state index contributed by atoms with van der Waals surface area (Å²) >= 11 is 0. The zero-order valence-electron chi connectivity index (χ0n) is 14.5. The molecule has 1 aromatic rings. The fraction of sp³-hybridized carbons (Fsp3) is 0.667. The topological polar surface area (TPSA) is 63.0 Å². The molecule has 1 saturated heterocycles. The molecule has 0 N–H and O–H groups in total. The molecular weight excluding hydrogens is 308 g/mol. The van der Waals surface area contributed by atoms with Gasteiger partial charge in [0.15, 0.2) is 0 Å². The van der Waals surface area contributed by atoms with Crippen molar-refractivity contribution in [1.29, 1.82) is 0 Å². The Morgan fingerprint density at radius 3 is 2.46 bits per heavy atom.